The zero-order valence-corrected chi connectivity index (χ0v) is 8.27. The summed E-state index contributed by atoms with van der Waals surface area (Å²) in [5.74, 6) is -0.460. The first-order valence-corrected chi connectivity index (χ1v) is 4.83. The molecule has 14 heavy (non-hydrogen) atoms. The van der Waals surface area contributed by atoms with E-state index in [9.17, 15) is 9.59 Å². The van der Waals surface area contributed by atoms with Gasteiger partial charge in [-0.2, -0.15) is 0 Å². The highest BCUT2D eigenvalue weighted by atomic mass is 16.3. The quantitative estimate of drug-likeness (QED) is 0.514. The first kappa shape index (κ1) is 10.9. The molecule has 0 aromatic rings. The Balaban J connectivity index is 2.40. The number of unbranched alkanes of at least 4 members (excludes halogenated alkanes) is 1. The average molecular weight is 197 g/mol. The first-order chi connectivity index (χ1) is 6.66. The molecule has 0 saturated carbocycles. The molecule has 0 fully saturated rings. The molecule has 1 rings (SSSR count). The molecule has 1 atom stereocenters. The highest BCUT2D eigenvalue weighted by molar-refractivity contribution is 6.13. The maximum absolute atomic E-state index is 11.2. The molecular weight excluding hydrogens is 182 g/mol. The first-order valence-electron chi connectivity index (χ1n) is 4.83. The highest BCUT2D eigenvalue weighted by Crippen LogP contribution is 2.13. The van der Waals surface area contributed by atoms with E-state index in [0.717, 1.165) is 12.8 Å². The molecule has 0 spiro atoms. The molecule has 0 radical (unpaired) electrons. The normalized spacial score (nSPS) is 18.0. The molecule has 4 heteroatoms. The summed E-state index contributed by atoms with van der Waals surface area (Å²) in [4.78, 5) is 23.7. The predicted molar refractivity (Wildman–Crippen MR) is 51.4 cm³/mol. The van der Waals surface area contributed by atoms with Crippen LogP contribution in [0.3, 0.4) is 0 Å². The van der Waals surface area contributed by atoms with Crippen molar-refractivity contribution in [3.63, 3.8) is 0 Å². The summed E-state index contributed by atoms with van der Waals surface area (Å²) in [5, 5.41) is 8.59. The van der Waals surface area contributed by atoms with Crippen molar-refractivity contribution in [1.82, 2.24) is 4.90 Å². The molecule has 1 aliphatic heterocycles. The van der Waals surface area contributed by atoms with Crippen molar-refractivity contribution in [2.75, 3.05) is 6.61 Å². The smallest absolute Gasteiger partial charge is 0.253 e. The van der Waals surface area contributed by atoms with Crippen molar-refractivity contribution in [3.8, 4) is 0 Å². The minimum absolute atomic E-state index is 0.0726. The van der Waals surface area contributed by atoms with Crippen LogP contribution in [-0.4, -0.2) is 34.5 Å². The Labute approximate surface area is 83.2 Å². The molecule has 0 aliphatic carbocycles. The summed E-state index contributed by atoms with van der Waals surface area (Å²) in [7, 11) is 0. The van der Waals surface area contributed by atoms with E-state index >= 15 is 0 Å². The highest BCUT2D eigenvalue weighted by Gasteiger charge is 2.27. The van der Waals surface area contributed by atoms with Crippen molar-refractivity contribution in [3.05, 3.63) is 12.2 Å². The number of rotatable bonds is 5. The van der Waals surface area contributed by atoms with Gasteiger partial charge in [0.15, 0.2) is 0 Å². The Bertz CT molecular complexity index is 242. The summed E-state index contributed by atoms with van der Waals surface area (Å²) < 4.78 is 0. The number of amides is 2. The third-order valence-electron chi connectivity index (χ3n) is 2.31. The van der Waals surface area contributed by atoms with Crippen molar-refractivity contribution < 1.29 is 14.7 Å². The van der Waals surface area contributed by atoms with Gasteiger partial charge in [0.2, 0.25) is 0 Å². The van der Waals surface area contributed by atoms with Gasteiger partial charge in [-0.3, -0.25) is 14.5 Å². The molecule has 1 unspecified atom stereocenters. The van der Waals surface area contributed by atoms with Crippen LogP contribution in [0, 0.1) is 0 Å². The molecule has 2 amide bonds. The number of aliphatic hydroxyl groups is 1. The van der Waals surface area contributed by atoms with Crippen LogP contribution in [0.25, 0.3) is 0 Å². The summed E-state index contributed by atoms with van der Waals surface area (Å²) in [5.41, 5.74) is 0. The SMILES string of the molecule is CC(CCCCO)N1C(=O)C=CC1=O. The van der Waals surface area contributed by atoms with Gasteiger partial charge in [0, 0.05) is 24.8 Å². The third-order valence-corrected chi connectivity index (χ3v) is 2.31. The van der Waals surface area contributed by atoms with Crippen molar-refractivity contribution in [1.29, 1.82) is 0 Å². The summed E-state index contributed by atoms with van der Waals surface area (Å²) >= 11 is 0. The standard InChI is InChI=1S/C10H15NO3/c1-8(4-2-3-7-12)11-9(13)5-6-10(11)14/h5-6,8,12H,2-4,7H2,1H3. The Kier molecular flexibility index (Phi) is 3.83. The Morgan fingerprint density at radius 3 is 2.36 bits per heavy atom. The average Bonchev–Trinajstić information content (AvgIpc) is 2.46. The number of carbonyl (C=O) groups excluding carboxylic acids is 2. The van der Waals surface area contributed by atoms with Gasteiger partial charge in [0.25, 0.3) is 11.8 Å². The topological polar surface area (TPSA) is 57.6 Å². The molecule has 1 aliphatic rings. The molecule has 0 aromatic heterocycles. The van der Waals surface area contributed by atoms with E-state index in [1.807, 2.05) is 6.92 Å². The molecule has 1 N–H and O–H groups in total. The molecule has 0 bridgehead atoms. The maximum Gasteiger partial charge on any atom is 0.253 e. The van der Waals surface area contributed by atoms with Crippen LogP contribution < -0.4 is 0 Å². The maximum atomic E-state index is 11.2. The van der Waals surface area contributed by atoms with Gasteiger partial charge in [-0.1, -0.05) is 0 Å². The van der Waals surface area contributed by atoms with E-state index in [2.05, 4.69) is 0 Å². The largest absolute Gasteiger partial charge is 0.396 e. The zero-order valence-electron chi connectivity index (χ0n) is 8.27. The summed E-state index contributed by atoms with van der Waals surface area (Å²) in [6.45, 7) is 2.01. The fraction of sp³-hybridized carbons (Fsp3) is 0.600. The van der Waals surface area contributed by atoms with Gasteiger partial charge in [-0.15, -0.1) is 0 Å². The van der Waals surface area contributed by atoms with E-state index in [0.29, 0.717) is 6.42 Å². The van der Waals surface area contributed by atoms with Crippen molar-refractivity contribution >= 4 is 11.8 Å². The second-order valence-electron chi connectivity index (χ2n) is 3.45. The lowest BCUT2D eigenvalue weighted by atomic mass is 10.1. The number of carbonyl (C=O) groups is 2. The Morgan fingerprint density at radius 2 is 1.86 bits per heavy atom. The number of imide groups is 1. The molecular formula is C10H15NO3. The van der Waals surface area contributed by atoms with Crippen LogP contribution >= 0.6 is 0 Å². The van der Waals surface area contributed by atoms with Crippen LogP contribution in [0.15, 0.2) is 12.2 Å². The molecule has 78 valence electrons. The van der Waals surface area contributed by atoms with Gasteiger partial charge >= 0.3 is 0 Å². The predicted octanol–water partition coefficient (Wildman–Crippen LogP) is 0.462. The number of nitrogens with zero attached hydrogens (tertiary/aromatic N) is 1. The minimum atomic E-state index is -0.230. The number of hydrogen-bond donors (Lipinski definition) is 1. The Morgan fingerprint density at radius 1 is 1.29 bits per heavy atom. The zero-order chi connectivity index (χ0) is 10.6. The third kappa shape index (κ3) is 2.42. The van der Waals surface area contributed by atoms with Gasteiger partial charge in [0.05, 0.1) is 0 Å². The van der Waals surface area contributed by atoms with Crippen LogP contribution in [0.2, 0.25) is 0 Å². The van der Waals surface area contributed by atoms with E-state index < -0.39 is 0 Å². The lowest BCUT2D eigenvalue weighted by Gasteiger charge is -2.22. The van der Waals surface area contributed by atoms with Crippen LogP contribution in [0.1, 0.15) is 26.2 Å². The van der Waals surface area contributed by atoms with Crippen LogP contribution in [-0.2, 0) is 9.59 Å². The van der Waals surface area contributed by atoms with E-state index in [1.165, 1.54) is 17.1 Å². The molecule has 1 heterocycles. The van der Waals surface area contributed by atoms with Gasteiger partial charge in [-0.05, 0) is 26.2 Å². The van der Waals surface area contributed by atoms with Gasteiger partial charge in [0.1, 0.15) is 0 Å². The summed E-state index contributed by atoms with van der Waals surface area (Å²) in [6, 6.07) is -0.0726. The number of aliphatic hydroxyl groups excluding tert-OH is 1. The van der Waals surface area contributed by atoms with Crippen LogP contribution in [0.5, 0.6) is 0 Å². The molecule has 0 aromatic carbocycles. The second kappa shape index (κ2) is 4.91. The fourth-order valence-electron chi connectivity index (χ4n) is 1.53. The van der Waals surface area contributed by atoms with Crippen molar-refractivity contribution in [2.24, 2.45) is 0 Å². The minimum Gasteiger partial charge on any atom is -0.396 e. The van der Waals surface area contributed by atoms with Crippen LogP contribution in [0.4, 0.5) is 0 Å². The Hall–Kier alpha value is -1.16. The lowest BCUT2D eigenvalue weighted by Crippen LogP contribution is -2.38. The molecule has 4 nitrogen and oxygen atoms in total. The lowest BCUT2D eigenvalue weighted by molar-refractivity contribution is -0.139. The van der Waals surface area contributed by atoms with E-state index in [1.54, 1.807) is 0 Å². The van der Waals surface area contributed by atoms with Crippen molar-refractivity contribution in [2.45, 2.75) is 32.2 Å². The van der Waals surface area contributed by atoms with Gasteiger partial charge < -0.3 is 5.11 Å². The van der Waals surface area contributed by atoms with Gasteiger partial charge in [-0.25, -0.2) is 0 Å². The molecule has 0 saturated heterocycles. The summed E-state index contributed by atoms with van der Waals surface area (Å²) in [6.07, 6.45) is 4.89. The second-order valence-corrected chi connectivity index (χ2v) is 3.45. The number of hydrogen-bond acceptors (Lipinski definition) is 3. The monoisotopic (exact) mass is 197 g/mol. The van der Waals surface area contributed by atoms with E-state index in [4.69, 9.17) is 5.11 Å². The fourth-order valence-corrected chi connectivity index (χ4v) is 1.53. The van der Waals surface area contributed by atoms with E-state index in [-0.39, 0.29) is 24.5 Å².